The lowest BCUT2D eigenvalue weighted by molar-refractivity contribution is 0.319. The summed E-state index contributed by atoms with van der Waals surface area (Å²) in [6, 6.07) is 17.2. The van der Waals surface area contributed by atoms with Crippen LogP contribution < -0.4 is 5.32 Å². The maximum atomic E-state index is 4.75. The van der Waals surface area contributed by atoms with Gasteiger partial charge in [0.1, 0.15) is 0 Å². The van der Waals surface area contributed by atoms with Crippen molar-refractivity contribution in [2.75, 3.05) is 5.32 Å². The summed E-state index contributed by atoms with van der Waals surface area (Å²) >= 11 is 0. The van der Waals surface area contributed by atoms with Gasteiger partial charge in [-0.05, 0) is 30.2 Å². The largest absolute Gasteiger partial charge is 0.331 e. The highest BCUT2D eigenvalue weighted by Gasteiger charge is 2.30. The third-order valence-corrected chi connectivity index (χ3v) is 3.96. The third kappa shape index (κ3) is 1.55. The smallest absolute Gasteiger partial charge is 0.204 e. The monoisotopic (exact) mass is 249 g/mol. The molecule has 2 aromatic carbocycles. The molecule has 0 fully saturated rings. The summed E-state index contributed by atoms with van der Waals surface area (Å²) in [5, 5.41) is 3.45. The van der Waals surface area contributed by atoms with Gasteiger partial charge in [-0.15, -0.1) is 0 Å². The highest BCUT2D eigenvalue weighted by molar-refractivity contribution is 5.99. The lowest BCUT2D eigenvalue weighted by atomic mass is 10.0. The standard InChI is InChI=1S/C16H15N3/c1-11-13-7-3-5-9-15(13)18-16-17-14-8-4-2-6-12(14)10-19(11)16/h2-9,11H,10H2,1H3,(H,17,18). The highest BCUT2D eigenvalue weighted by atomic mass is 15.3. The first-order chi connectivity index (χ1) is 9.33. The number of benzene rings is 2. The zero-order valence-corrected chi connectivity index (χ0v) is 10.8. The van der Waals surface area contributed by atoms with Crippen LogP contribution in [-0.2, 0) is 6.54 Å². The molecule has 0 amide bonds. The molecule has 1 N–H and O–H groups in total. The van der Waals surface area contributed by atoms with E-state index in [2.05, 4.69) is 59.6 Å². The first-order valence-electron chi connectivity index (χ1n) is 6.62. The molecule has 94 valence electrons. The molecule has 2 heterocycles. The lowest BCUT2D eigenvalue weighted by Crippen LogP contribution is -2.43. The van der Waals surface area contributed by atoms with Crippen molar-refractivity contribution < 1.29 is 0 Å². The molecule has 2 aliphatic heterocycles. The Morgan fingerprint density at radius 2 is 1.89 bits per heavy atom. The molecule has 19 heavy (non-hydrogen) atoms. The Hall–Kier alpha value is -2.29. The van der Waals surface area contributed by atoms with Gasteiger partial charge in [-0.2, -0.15) is 0 Å². The van der Waals surface area contributed by atoms with E-state index < -0.39 is 0 Å². The Balaban J connectivity index is 1.84. The van der Waals surface area contributed by atoms with Crippen molar-refractivity contribution in [2.45, 2.75) is 19.5 Å². The van der Waals surface area contributed by atoms with E-state index in [9.17, 15) is 0 Å². The van der Waals surface area contributed by atoms with E-state index in [0.717, 1.165) is 18.2 Å². The first-order valence-corrected chi connectivity index (χ1v) is 6.62. The minimum atomic E-state index is 0.351. The summed E-state index contributed by atoms with van der Waals surface area (Å²) in [6.45, 7) is 3.15. The van der Waals surface area contributed by atoms with E-state index >= 15 is 0 Å². The second-order valence-electron chi connectivity index (χ2n) is 5.08. The molecular formula is C16H15N3. The van der Waals surface area contributed by atoms with Gasteiger partial charge in [0.25, 0.3) is 0 Å². The third-order valence-electron chi connectivity index (χ3n) is 3.96. The molecule has 0 saturated carbocycles. The minimum Gasteiger partial charge on any atom is -0.331 e. The number of guanidine groups is 1. The number of nitrogens with one attached hydrogen (secondary N) is 1. The van der Waals surface area contributed by atoms with E-state index in [0.29, 0.717) is 6.04 Å². The minimum absolute atomic E-state index is 0.351. The number of para-hydroxylation sites is 2. The van der Waals surface area contributed by atoms with E-state index in [1.165, 1.54) is 16.8 Å². The normalized spacial score (nSPS) is 19.7. The van der Waals surface area contributed by atoms with Gasteiger partial charge >= 0.3 is 0 Å². The maximum absolute atomic E-state index is 4.75. The summed E-state index contributed by atoms with van der Waals surface area (Å²) in [6.07, 6.45) is 0. The fourth-order valence-electron chi connectivity index (χ4n) is 2.87. The van der Waals surface area contributed by atoms with Gasteiger partial charge in [-0.1, -0.05) is 36.4 Å². The van der Waals surface area contributed by atoms with Crippen molar-refractivity contribution in [3.05, 3.63) is 59.7 Å². The van der Waals surface area contributed by atoms with Crippen molar-refractivity contribution in [1.29, 1.82) is 0 Å². The quantitative estimate of drug-likeness (QED) is 0.771. The number of hydrogen-bond donors (Lipinski definition) is 1. The number of aliphatic imine (C=N–C) groups is 1. The Bertz CT molecular complexity index is 675. The molecule has 0 spiro atoms. The number of anilines is 1. The molecule has 3 nitrogen and oxygen atoms in total. The predicted octanol–water partition coefficient (Wildman–Crippen LogP) is 3.68. The van der Waals surface area contributed by atoms with Gasteiger partial charge in [0.15, 0.2) is 0 Å². The first kappa shape index (κ1) is 10.6. The molecular weight excluding hydrogens is 234 g/mol. The molecule has 0 saturated heterocycles. The summed E-state index contributed by atoms with van der Waals surface area (Å²) in [7, 11) is 0. The average Bonchev–Trinajstić information content (AvgIpc) is 2.46. The van der Waals surface area contributed by atoms with E-state index in [1.807, 2.05) is 6.07 Å². The van der Waals surface area contributed by atoms with Crippen LogP contribution in [0.5, 0.6) is 0 Å². The van der Waals surface area contributed by atoms with Gasteiger partial charge in [0.2, 0.25) is 5.96 Å². The predicted molar refractivity (Wildman–Crippen MR) is 77.6 cm³/mol. The Labute approximate surface area is 112 Å². The number of fused-ring (bicyclic) bond motifs is 3. The van der Waals surface area contributed by atoms with Crippen LogP contribution in [0.15, 0.2) is 53.5 Å². The van der Waals surface area contributed by atoms with Crippen LogP contribution in [0.25, 0.3) is 0 Å². The van der Waals surface area contributed by atoms with Gasteiger partial charge in [-0.25, -0.2) is 4.99 Å². The topological polar surface area (TPSA) is 27.6 Å². The van der Waals surface area contributed by atoms with Crippen molar-refractivity contribution >= 4 is 17.3 Å². The molecule has 4 rings (SSSR count). The fraction of sp³-hybridized carbons (Fsp3) is 0.188. The van der Waals surface area contributed by atoms with Crippen molar-refractivity contribution in [1.82, 2.24) is 4.90 Å². The second-order valence-corrected chi connectivity index (χ2v) is 5.08. The van der Waals surface area contributed by atoms with E-state index in [4.69, 9.17) is 4.99 Å². The zero-order chi connectivity index (χ0) is 12.8. The van der Waals surface area contributed by atoms with Crippen molar-refractivity contribution in [3.8, 4) is 0 Å². The molecule has 2 aliphatic rings. The van der Waals surface area contributed by atoms with Gasteiger partial charge in [0, 0.05) is 12.2 Å². The van der Waals surface area contributed by atoms with Crippen LogP contribution in [0.2, 0.25) is 0 Å². The van der Waals surface area contributed by atoms with Crippen molar-refractivity contribution in [2.24, 2.45) is 4.99 Å². The zero-order valence-electron chi connectivity index (χ0n) is 10.8. The second kappa shape index (κ2) is 3.85. The summed E-state index contributed by atoms with van der Waals surface area (Å²) in [4.78, 5) is 7.07. The molecule has 1 unspecified atom stereocenters. The van der Waals surface area contributed by atoms with Crippen LogP contribution in [0.1, 0.15) is 24.1 Å². The van der Waals surface area contributed by atoms with Gasteiger partial charge in [-0.3, -0.25) is 0 Å². The van der Waals surface area contributed by atoms with Crippen LogP contribution in [0.4, 0.5) is 11.4 Å². The van der Waals surface area contributed by atoms with Crippen molar-refractivity contribution in [3.63, 3.8) is 0 Å². The summed E-state index contributed by atoms with van der Waals surface area (Å²) in [5.41, 5.74) is 4.87. The summed E-state index contributed by atoms with van der Waals surface area (Å²) < 4.78 is 0. The molecule has 2 aromatic rings. The van der Waals surface area contributed by atoms with Crippen LogP contribution >= 0.6 is 0 Å². The van der Waals surface area contributed by atoms with E-state index in [1.54, 1.807) is 0 Å². The van der Waals surface area contributed by atoms with Gasteiger partial charge < -0.3 is 10.2 Å². The van der Waals surface area contributed by atoms with Crippen LogP contribution in [0.3, 0.4) is 0 Å². The fourth-order valence-corrected chi connectivity index (χ4v) is 2.87. The summed E-state index contributed by atoms with van der Waals surface area (Å²) in [5.74, 6) is 0.963. The molecule has 3 heteroatoms. The lowest BCUT2D eigenvalue weighted by Gasteiger charge is -2.40. The molecule has 0 aromatic heterocycles. The SMILES string of the molecule is CC1c2ccccc2NC2=Nc3ccccc3CN21. The Kier molecular flexibility index (Phi) is 2.15. The highest BCUT2D eigenvalue weighted by Crippen LogP contribution is 2.37. The van der Waals surface area contributed by atoms with Crippen LogP contribution in [-0.4, -0.2) is 10.9 Å². The number of nitrogens with zero attached hydrogens (tertiary/aromatic N) is 2. The number of rotatable bonds is 0. The molecule has 0 radical (unpaired) electrons. The maximum Gasteiger partial charge on any atom is 0.204 e. The van der Waals surface area contributed by atoms with Gasteiger partial charge in [0.05, 0.1) is 11.7 Å². The average molecular weight is 249 g/mol. The molecule has 0 bridgehead atoms. The van der Waals surface area contributed by atoms with Crippen LogP contribution in [0, 0.1) is 0 Å². The Morgan fingerprint density at radius 3 is 2.84 bits per heavy atom. The van der Waals surface area contributed by atoms with E-state index in [-0.39, 0.29) is 0 Å². The number of hydrogen-bond acceptors (Lipinski definition) is 3. The molecule has 0 aliphatic carbocycles. The molecule has 1 atom stereocenters. The Morgan fingerprint density at radius 1 is 1.11 bits per heavy atom.